The number of urea groups is 1. The lowest BCUT2D eigenvalue weighted by atomic mass is 9.54. The van der Waals surface area contributed by atoms with Crippen LogP contribution in [0.4, 0.5) is 15.6 Å². The summed E-state index contributed by atoms with van der Waals surface area (Å²) in [5.41, 5.74) is 1.75. The average Bonchev–Trinajstić information content (AvgIpc) is 3.39. The van der Waals surface area contributed by atoms with Gasteiger partial charge in [-0.15, -0.1) is 11.3 Å². The first kappa shape index (κ1) is 24.0. The molecule has 2 fully saturated rings. The average molecular weight is 518 g/mol. The van der Waals surface area contributed by atoms with Gasteiger partial charge in [0.15, 0.2) is 5.13 Å². The second kappa shape index (κ2) is 9.17. The van der Waals surface area contributed by atoms with Gasteiger partial charge in [0.1, 0.15) is 17.6 Å². The van der Waals surface area contributed by atoms with Crippen LogP contribution in [-0.2, 0) is 16.0 Å². The SMILES string of the molecule is CC1C(=O)OC2C1CCC1(C)Cc3sc(NC(=O)Nc4ccc(Oc5ccccc5)cc4)nc3C(C)C21. The lowest BCUT2D eigenvalue weighted by Gasteiger charge is -2.51. The number of amides is 2. The number of thiazole rings is 1. The number of fused-ring (bicyclic) bond motifs is 4. The minimum absolute atomic E-state index is 0.0292. The molecule has 6 rings (SSSR count). The number of nitrogens with zero attached hydrogens (tertiary/aromatic N) is 1. The zero-order chi connectivity index (χ0) is 25.7. The van der Waals surface area contributed by atoms with Crippen molar-refractivity contribution >= 4 is 34.2 Å². The number of benzene rings is 2. The van der Waals surface area contributed by atoms with Crippen LogP contribution in [0.25, 0.3) is 0 Å². The van der Waals surface area contributed by atoms with Crippen molar-refractivity contribution in [3.05, 3.63) is 65.2 Å². The number of carbonyl (C=O) groups is 2. The van der Waals surface area contributed by atoms with Crippen LogP contribution in [0.3, 0.4) is 0 Å². The molecule has 1 aromatic heterocycles. The van der Waals surface area contributed by atoms with Crippen molar-refractivity contribution in [1.82, 2.24) is 4.98 Å². The van der Waals surface area contributed by atoms with Crippen molar-refractivity contribution in [3.8, 4) is 11.5 Å². The molecule has 2 aromatic carbocycles. The standard InChI is InChI=1S/C29H31N3O4S/c1-16-21-13-14-29(3)15-22-24(17(2)23(29)25(21)36-26(16)33)31-28(37-22)32-27(34)30-18-9-11-20(12-10-18)35-19-7-5-4-6-8-19/h4-12,16-17,21,23,25H,13-15H2,1-3H3,(H2,30,31,32,34). The first-order chi connectivity index (χ1) is 17.8. The van der Waals surface area contributed by atoms with E-state index in [4.69, 9.17) is 14.5 Å². The molecular weight excluding hydrogens is 486 g/mol. The van der Waals surface area contributed by atoms with Crippen LogP contribution in [0.1, 0.15) is 50.1 Å². The molecule has 1 saturated heterocycles. The van der Waals surface area contributed by atoms with Gasteiger partial charge in [0.25, 0.3) is 0 Å². The largest absolute Gasteiger partial charge is 0.461 e. The fourth-order valence-electron chi connectivity index (χ4n) is 6.62. The van der Waals surface area contributed by atoms with Gasteiger partial charge in [-0.25, -0.2) is 9.78 Å². The summed E-state index contributed by atoms with van der Waals surface area (Å²) in [5.74, 6) is 2.06. The summed E-state index contributed by atoms with van der Waals surface area (Å²) in [6, 6.07) is 16.5. The van der Waals surface area contributed by atoms with E-state index in [1.54, 1.807) is 23.5 Å². The van der Waals surface area contributed by atoms with Crippen LogP contribution in [0.15, 0.2) is 54.6 Å². The number of esters is 1. The fourth-order valence-corrected chi connectivity index (χ4v) is 7.88. The van der Waals surface area contributed by atoms with Gasteiger partial charge in [-0.05, 0) is 61.1 Å². The monoisotopic (exact) mass is 517 g/mol. The molecular formula is C29H31N3O4S. The Bertz CT molecular complexity index is 1320. The maximum absolute atomic E-state index is 12.7. The van der Waals surface area contributed by atoms with Gasteiger partial charge in [0, 0.05) is 28.3 Å². The normalized spacial score (nSPS) is 29.9. The summed E-state index contributed by atoms with van der Waals surface area (Å²) in [5, 5.41) is 6.38. The van der Waals surface area contributed by atoms with E-state index in [0.717, 1.165) is 30.7 Å². The van der Waals surface area contributed by atoms with Crippen LogP contribution in [0.5, 0.6) is 11.5 Å². The van der Waals surface area contributed by atoms with Gasteiger partial charge in [-0.1, -0.05) is 39.0 Å². The van der Waals surface area contributed by atoms with Gasteiger partial charge in [0.05, 0.1) is 11.6 Å². The Morgan fingerprint density at radius 3 is 2.54 bits per heavy atom. The molecule has 6 atom stereocenters. The molecule has 1 saturated carbocycles. The number of nitrogens with one attached hydrogen (secondary N) is 2. The van der Waals surface area contributed by atoms with Crippen LogP contribution in [-0.4, -0.2) is 23.1 Å². The molecule has 1 aliphatic heterocycles. The number of anilines is 2. The minimum Gasteiger partial charge on any atom is -0.461 e. The number of aromatic nitrogens is 1. The van der Waals surface area contributed by atoms with E-state index in [0.29, 0.717) is 22.5 Å². The van der Waals surface area contributed by atoms with Gasteiger partial charge >= 0.3 is 12.0 Å². The quantitative estimate of drug-likeness (QED) is 0.370. The molecule has 6 unspecified atom stereocenters. The van der Waals surface area contributed by atoms with E-state index < -0.39 is 0 Å². The van der Waals surface area contributed by atoms with E-state index in [1.165, 1.54) is 4.88 Å². The van der Waals surface area contributed by atoms with E-state index in [1.807, 2.05) is 49.4 Å². The van der Waals surface area contributed by atoms with Crippen molar-refractivity contribution < 1.29 is 19.1 Å². The third-order valence-corrected chi connectivity index (χ3v) is 9.46. The summed E-state index contributed by atoms with van der Waals surface area (Å²) in [4.78, 5) is 31.2. The zero-order valence-corrected chi connectivity index (χ0v) is 22.0. The molecule has 3 aliphatic rings. The zero-order valence-electron chi connectivity index (χ0n) is 21.2. The Morgan fingerprint density at radius 2 is 1.78 bits per heavy atom. The Morgan fingerprint density at radius 1 is 1.05 bits per heavy atom. The molecule has 37 heavy (non-hydrogen) atoms. The summed E-state index contributed by atoms with van der Waals surface area (Å²) in [6.07, 6.45) is 2.96. The number of hydrogen-bond donors (Lipinski definition) is 2. The number of ether oxygens (including phenoxy) is 2. The molecule has 192 valence electrons. The molecule has 0 spiro atoms. The molecule has 2 aliphatic carbocycles. The molecule has 0 radical (unpaired) electrons. The molecule has 3 aromatic rings. The first-order valence-electron chi connectivity index (χ1n) is 12.9. The third kappa shape index (κ3) is 4.37. The fraction of sp³-hybridized carbons (Fsp3) is 0.414. The Balaban J connectivity index is 1.13. The maximum Gasteiger partial charge on any atom is 0.325 e. The highest BCUT2D eigenvalue weighted by Crippen LogP contribution is 2.59. The van der Waals surface area contributed by atoms with Crippen molar-refractivity contribution in [2.45, 2.75) is 52.1 Å². The highest BCUT2D eigenvalue weighted by atomic mass is 32.1. The summed E-state index contributed by atoms with van der Waals surface area (Å²) < 4.78 is 11.7. The summed E-state index contributed by atoms with van der Waals surface area (Å²) in [7, 11) is 0. The highest BCUT2D eigenvalue weighted by molar-refractivity contribution is 7.15. The highest BCUT2D eigenvalue weighted by Gasteiger charge is 2.58. The molecule has 2 amide bonds. The molecule has 8 heteroatoms. The molecule has 2 N–H and O–H groups in total. The van der Waals surface area contributed by atoms with Crippen LogP contribution in [0.2, 0.25) is 0 Å². The van der Waals surface area contributed by atoms with Crippen LogP contribution in [0, 0.1) is 23.2 Å². The lowest BCUT2D eigenvalue weighted by molar-refractivity contribution is -0.149. The van der Waals surface area contributed by atoms with Gasteiger partial charge in [-0.2, -0.15) is 0 Å². The van der Waals surface area contributed by atoms with Crippen LogP contribution < -0.4 is 15.4 Å². The Kier molecular flexibility index (Phi) is 5.94. The lowest BCUT2D eigenvalue weighted by Crippen LogP contribution is -2.50. The van der Waals surface area contributed by atoms with E-state index in [-0.39, 0.29) is 41.3 Å². The number of rotatable bonds is 4. The molecule has 0 bridgehead atoms. The van der Waals surface area contributed by atoms with Gasteiger partial charge in [-0.3, -0.25) is 10.1 Å². The Labute approximate surface area is 220 Å². The summed E-state index contributed by atoms with van der Waals surface area (Å²) in [6.45, 7) is 6.53. The van der Waals surface area contributed by atoms with Crippen molar-refractivity contribution in [1.29, 1.82) is 0 Å². The van der Waals surface area contributed by atoms with Crippen LogP contribution >= 0.6 is 11.3 Å². The number of hydrogen-bond acceptors (Lipinski definition) is 6. The van der Waals surface area contributed by atoms with E-state index in [9.17, 15) is 9.59 Å². The second-order valence-electron chi connectivity index (χ2n) is 10.9. The first-order valence-corrected chi connectivity index (χ1v) is 13.7. The summed E-state index contributed by atoms with van der Waals surface area (Å²) >= 11 is 1.55. The molecule has 2 heterocycles. The van der Waals surface area contributed by atoms with E-state index >= 15 is 0 Å². The smallest absolute Gasteiger partial charge is 0.325 e. The van der Waals surface area contributed by atoms with Gasteiger partial charge in [0.2, 0.25) is 0 Å². The minimum atomic E-state index is -0.335. The van der Waals surface area contributed by atoms with Crippen molar-refractivity contribution in [3.63, 3.8) is 0 Å². The molecule has 7 nitrogen and oxygen atoms in total. The second-order valence-corrected chi connectivity index (χ2v) is 12.0. The third-order valence-electron chi connectivity index (χ3n) is 8.47. The number of para-hydroxylation sites is 1. The predicted octanol–water partition coefficient (Wildman–Crippen LogP) is 6.83. The Hall–Kier alpha value is -3.39. The maximum atomic E-state index is 12.7. The van der Waals surface area contributed by atoms with E-state index in [2.05, 4.69) is 24.5 Å². The van der Waals surface area contributed by atoms with Crippen molar-refractivity contribution in [2.75, 3.05) is 10.6 Å². The van der Waals surface area contributed by atoms with Gasteiger partial charge < -0.3 is 14.8 Å². The predicted molar refractivity (Wildman–Crippen MR) is 143 cm³/mol. The topological polar surface area (TPSA) is 89.5 Å². The number of carbonyl (C=O) groups excluding carboxylic acids is 2. The van der Waals surface area contributed by atoms with Crippen molar-refractivity contribution in [2.24, 2.45) is 23.2 Å².